The lowest BCUT2D eigenvalue weighted by Gasteiger charge is -2.38. The number of amides is 1. The first-order valence-corrected chi connectivity index (χ1v) is 9.58. The van der Waals surface area contributed by atoms with E-state index in [4.69, 9.17) is 4.74 Å². The maximum atomic E-state index is 13.0. The Bertz CT molecular complexity index is 735. The topological polar surface area (TPSA) is 84.7 Å². The highest BCUT2D eigenvalue weighted by Gasteiger charge is 2.38. The molecule has 1 saturated carbocycles. The summed E-state index contributed by atoms with van der Waals surface area (Å²) in [5.74, 6) is -0.296. The van der Waals surface area contributed by atoms with Crippen LogP contribution in [0.5, 0.6) is 0 Å². The number of carbonyl (C=O) groups is 2. The number of rotatable bonds is 4. The van der Waals surface area contributed by atoms with Crippen molar-refractivity contribution in [2.75, 3.05) is 13.2 Å². The Morgan fingerprint density at radius 2 is 2.08 bits per heavy atom. The fraction of sp³-hybridized carbons (Fsp3) is 0.737. The Morgan fingerprint density at radius 3 is 2.73 bits per heavy atom. The van der Waals surface area contributed by atoms with Crippen LogP contribution in [0.25, 0.3) is 0 Å². The number of ether oxygens (including phenoxy) is 1. The van der Waals surface area contributed by atoms with Crippen LogP contribution in [0.1, 0.15) is 61.3 Å². The molecule has 7 nitrogen and oxygen atoms in total. The molecule has 0 bridgehead atoms. The van der Waals surface area contributed by atoms with Crippen LogP contribution >= 0.6 is 0 Å². The average Bonchev–Trinajstić information content (AvgIpc) is 3.33. The summed E-state index contributed by atoms with van der Waals surface area (Å²) in [5.41, 5.74) is 1.57. The molecule has 7 heteroatoms. The zero-order valence-corrected chi connectivity index (χ0v) is 15.5. The van der Waals surface area contributed by atoms with Gasteiger partial charge in [0.15, 0.2) is 5.69 Å². The molecule has 142 valence electrons. The number of carboxylic acids is 1. The lowest BCUT2D eigenvalue weighted by molar-refractivity contribution is -0.146. The second-order valence-corrected chi connectivity index (χ2v) is 8.51. The number of nitrogens with zero attached hydrogens (tertiary/aromatic N) is 3. The Hall–Kier alpha value is -1.89. The fourth-order valence-electron chi connectivity index (χ4n) is 4.25. The van der Waals surface area contributed by atoms with Crippen LogP contribution in [0.2, 0.25) is 0 Å². The van der Waals surface area contributed by atoms with Gasteiger partial charge in [-0.15, -0.1) is 0 Å². The van der Waals surface area contributed by atoms with E-state index in [-0.39, 0.29) is 23.1 Å². The van der Waals surface area contributed by atoms with Crippen molar-refractivity contribution in [2.45, 2.75) is 64.6 Å². The zero-order chi connectivity index (χ0) is 18.5. The predicted molar refractivity (Wildman–Crippen MR) is 93.8 cm³/mol. The molecule has 1 aliphatic carbocycles. The number of aromatic carboxylic acids is 1. The van der Waals surface area contributed by atoms with Gasteiger partial charge in [0.1, 0.15) is 0 Å². The van der Waals surface area contributed by atoms with Crippen LogP contribution < -0.4 is 0 Å². The molecule has 4 rings (SSSR count). The van der Waals surface area contributed by atoms with Gasteiger partial charge in [-0.05, 0) is 45.4 Å². The monoisotopic (exact) mass is 361 g/mol. The molecule has 3 aliphatic rings. The molecular weight excluding hydrogens is 334 g/mol. The second-order valence-electron chi connectivity index (χ2n) is 8.51. The molecule has 0 radical (unpaired) electrons. The number of hydrogen-bond donors (Lipinski definition) is 1. The van der Waals surface area contributed by atoms with E-state index >= 15 is 0 Å². The van der Waals surface area contributed by atoms with Crippen LogP contribution in [0.4, 0.5) is 0 Å². The van der Waals surface area contributed by atoms with Crippen molar-refractivity contribution in [3.63, 3.8) is 0 Å². The zero-order valence-electron chi connectivity index (χ0n) is 15.5. The van der Waals surface area contributed by atoms with Crippen molar-refractivity contribution >= 4 is 11.9 Å². The summed E-state index contributed by atoms with van der Waals surface area (Å²) in [4.78, 5) is 26.5. The van der Waals surface area contributed by atoms with E-state index in [2.05, 4.69) is 5.10 Å². The van der Waals surface area contributed by atoms with Crippen molar-refractivity contribution < 1.29 is 19.4 Å². The van der Waals surface area contributed by atoms with Gasteiger partial charge in [-0.1, -0.05) is 0 Å². The summed E-state index contributed by atoms with van der Waals surface area (Å²) < 4.78 is 7.61. The van der Waals surface area contributed by atoms with Crippen molar-refractivity contribution in [1.29, 1.82) is 0 Å². The molecule has 2 aliphatic heterocycles. The minimum absolute atomic E-state index is 0.0462. The standard InChI is InChI=1S/C19H27N3O4/c1-19(2)9-13(6-8-26-19)17(23)21-7-5-15-14(11-21)16(18(24)25)20-22(15)10-12-3-4-12/h12-13H,3-11H2,1-2H3,(H,24,25). The lowest BCUT2D eigenvalue weighted by Crippen LogP contribution is -2.45. The van der Waals surface area contributed by atoms with Crippen LogP contribution in [-0.4, -0.2) is 50.4 Å². The molecule has 1 aromatic rings. The Labute approximate surface area is 153 Å². The molecule has 1 amide bonds. The van der Waals surface area contributed by atoms with Gasteiger partial charge in [-0.25, -0.2) is 4.79 Å². The van der Waals surface area contributed by atoms with Crippen molar-refractivity contribution in [2.24, 2.45) is 11.8 Å². The third kappa shape index (κ3) is 3.37. The van der Waals surface area contributed by atoms with Crippen molar-refractivity contribution in [1.82, 2.24) is 14.7 Å². The molecular formula is C19H27N3O4. The van der Waals surface area contributed by atoms with E-state index in [9.17, 15) is 14.7 Å². The maximum absolute atomic E-state index is 13.0. The van der Waals surface area contributed by atoms with Crippen LogP contribution in [0.3, 0.4) is 0 Å². The van der Waals surface area contributed by atoms with Gasteiger partial charge in [-0.2, -0.15) is 5.10 Å². The first-order chi connectivity index (χ1) is 12.3. The highest BCUT2D eigenvalue weighted by Crippen LogP contribution is 2.34. The van der Waals surface area contributed by atoms with Gasteiger partial charge >= 0.3 is 5.97 Å². The predicted octanol–water partition coefficient (Wildman–Crippen LogP) is 2.08. The molecule has 3 heterocycles. The first-order valence-electron chi connectivity index (χ1n) is 9.58. The fourth-order valence-corrected chi connectivity index (χ4v) is 4.25. The maximum Gasteiger partial charge on any atom is 0.356 e. The largest absolute Gasteiger partial charge is 0.476 e. The summed E-state index contributed by atoms with van der Waals surface area (Å²) >= 11 is 0. The molecule has 1 saturated heterocycles. The summed E-state index contributed by atoms with van der Waals surface area (Å²) in [5, 5.41) is 13.9. The van der Waals surface area contributed by atoms with E-state index in [1.54, 1.807) is 0 Å². The molecule has 1 aromatic heterocycles. The second kappa shape index (κ2) is 6.37. The smallest absolute Gasteiger partial charge is 0.356 e. The highest BCUT2D eigenvalue weighted by atomic mass is 16.5. The molecule has 2 fully saturated rings. The Kier molecular flexibility index (Phi) is 4.29. The SMILES string of the molecule is CC1(C)CC(C(=O)N2CCc3c(c(C(=O)O)nn3CC3CC3)C2)CCO1. The Morgan fingerprint density at radius 1 is 1.31 bits per heavy atom. The number of hydrogen-bond acceptors (Lipinski definition) is 4. The Balaban J connectivity index is 1.54. The lowest BCUT2D eigenvalue weighted by atomic mass is 9.87. The molecule has 0 aromatic carbocycles. The number of carbonyl (C=O) groups excluding carboxylic acids is 1. The minimum Gasteiger partial charge on any atom is -0.476 e. The molecule has 1 N–H and O–H groups in total. The van der Waals surface area contributed by atoms with Gasteiger partial charge in [0.25, 0.3) is 0 Å². The van der Waals surface area contributed by atoms with Crippen molar-refractivity contribution in [3.8, 4) is 0 Å². The number of carboxylic acid groups (broad SMARTS) is 1. The number of aromatic nitrogens is 2. The van der Waals surface area contributed by atoms with Crippen molar-refractivity contribution in [3.05, 3.63) is 17.0 Å². The van der Waals surface area contributed by atoms with Gasteiger partial charge in [0, 0.05) is 49.8 Å². The minimum atomic E-state index is -1.00. The van der Waals surface area contributed by atoms with E-state index in [0.717, 1.165) is 24.2 Å². The van der Waals surface area contributed by atoms with Gasteiger partial charge in [-0.3, -0.25) is 9.48 Å². The molecule has 26 heavy (non-hydrogen) atoms. The summed E-state index contributed by atoms with van der Waals surface area (Å²) in [6.07, 6.45) is 4.52. The van der Waals surface area contributed by atoms with E-state index in [0.29, 0.717) is 38.5 Å². The average molecular weight is 361 g/mol. The van der Waals surface area contributed by atoms with Crippen LogP contribution in [0.15, 0.2) is 0 Å². The van der Waals surface area contributed by atoms with E-state index in [1.807, 2.05) is 23.4 Å². The summed E-state index contributed by atoms with van der Waals surface area (Å²) in [6.45, 7) is 6.44. The summed E-state index contributed by atoms with van der Waals surface area (Å²) in [6, 6.07) is 0. The molecule has 1 unspecified atom stereocenters. The normalized spacial score (nSPS) is 25.0. The summed E-state index contributed by atoms with van der Waals surface area (Å²) in [7, 11) is 0. The highest BCUT2D eigenvalue weighted by molar-refractivity contribution is 5.88. The first kappa shape index (κ1) is 17.5. The van der Waals surface area contributed by atoms with E-state index in [1.165, 1.54) is 12.8 Å². The van der Waals surface area contributed by atoms with Gasteiger partial charge < -0.3 is 14.7 Å². The van der Waals surface area contributed by atoms with Gasteiger partial charge in [0.05, 0.1) is 5.60 Å². The third-order valence-electron chi connectivity index (χ3n) is 5.82. The molecule has 1 atom stereocenters. The van der Waals surface area contributed by atoms with E-state index < -0.39 is 5.97 Å². The quantitative estimate of drug-likeness (QED) is 0.887. The van der Waals surface area contributed by atoms with Crippen LogP contribution in [-0.2, 0) is 29.0 Å². The number of fused-ring (bicyclic) bond motifs is 1. The van der Waals surface area contributed by atoms with Crippen LogP contribution in [0, 0.1) is 11.8 Å². The molecule has 0 spiro atoms. The third-order valence-corrected chi connectivity index (χ3v) is 5.82. The van der Waals surface area contributed by atoms with Gasteiger partial charge in [0.2, 0.25) is 5.91 Å².